The minimum atomic E-state index is -3.86. The molecule has 31 heavy (non-hydrogen) atoms. The number of sulfonamides is 1. The van der Waals surface area contributed by atoms with Gasteiger partial charge < -0.3 is 15.2 Å². The number of carbonyl (C=O) groups excluding carboxylic acids is 2. The molecule has 166 valence electrons. The number of hydrogen-bond acceptors (Lipinski definition) is 6. The van der Waals surface area contributed by atoms with Crippen LogP contribution in [0.2, 0.25) is 5.02 Å². The number of piperidine rings is 1. The smallest absolute Gasteiger partial charge is 0.338 e. The van der Waals surface area contributed by atoms with Crippen LogP contribution >= 0.6 is 11.6 Å². The Morgan fingerprint density at radius 3 is 2.61 bits per heavy atom. The number of rotatable bonds is 6. The van der Waals surface area contributed by atoms with E-state index in [1.54, 1.807) is 0 Å². The van der Waals surface area contributed by atoms with Crippen LogP contribution in [0.25, 0.3) is 0 Å². The molecule has 1 fully saturated rings. The molecule has 2 aromatic carbocycles. The summed E-state index contributed by atoms with van der Waals surface area (Å²) in [4.78, 5) is 24.2. The normalized spacial score (nSPS) is 17.2. The van der Waals surface area contributed by atoms with E-state index >= 15 is 0 Å². The number of ether oxygens (including phenoxy) is 1. The van der Waals surface area contributed by atoms with E-state index in [2.05, 4.69) is 5.32 Å². The first kappa shape index (κ1) is 23.1. The van der Waals surface area contributed by atoms with Crippen molar-refractivity contribution in [2.24, 2.45) is 5.92 Å². The summed E-state index contributed by atoms with van der Waals surface area (Å²) in [5.41, 5.74) is 0.403. The van der Waals surface area contributed by atoms with Gasteiger partial charge in [-0.3, -0.25) is 4.79 Å². The van der Waals surface area contributed by atoms with Crippen LogP contribution in [0.4, 0.5) is 5.69 Å². The van der Waals surface area contributed by atoms with Crippen molar-refractivity contribution in [3.05, 3.63) is 53.1 Å². The molecule has 2 N–H and O–H groups in total. The number of halogens is 1. The maximum atomic E-state index is 13.0. The van der Waals surface area contributed by atoms with Crippen molar-refractivity contribution in [3.8, 4) is 5.75 Å². The summed E-state index contributed by atoms with van der Waals surface area (Å²) in [6.45, 7) is 2.22. The van der Waals surface area contributed by atoms with Gasteiger partial charge in [-0.1, -0.05) is 18.5 Å². The van der Waals surface area contributed by atoms with Gasteiger partial charge in [-0.2, -0.15) is 4.31 Å². The third-order valence-corrected chi connectivity index (χ3v) is 7.24. The van der Waals surface area contributed by atoms with Crippen LogP contribution in [0.15, 0.2) is 47.4 Å². The fourth-order valence-electron chi connectivity index (χ4n) is 3.29. The minimum absolute atomic E-state index is 0.0137. The van der Waals surface area contributed by atoms with E-state index in [0.29, 0.717) is 18.8 Å². The van der Waals surface area contributed by atoms with Crippen molar-refractivity contribution in [3.63, 3.8) is 0 Å². The molecule has 1 heterocycles. The summed E-state index contributed by atoms with van der Waals surface area (Å²) in [7, 11) is -3.86. The van der Waals surface area contributed by atoms with Gasteiger partial charge in [-0.05, 0) is 61.2 Å². The topological polar surface area (TPSA) is 113 Å². The van der Waals surface area contributed by atoms with Crippen LogP contribution in [0, 0.1) is 5.92 Å². The first-order valence-corrected chi connectivity index (χ1v) is 11.5. The molecule has 1 amide bonds. The lowest BCUT2D eigenvalue weighted by Crippen LogP contribution is -2.39. The Labute approximate surface area is 185 Å². The van der Waals surface area contributed by atoms with Crippen molar-refractivity contribution in [1.82, 2.24) is 4.31 Å². The van der Waals surface area contributed by atoms with Gasteiger partial charge in [0.25, 0.3) is 5.91 Å². The number of amides is 1. The number of hydrogen-bond donors (Lipinski definition) is 2. The van der Waals surface area contributed by atoms with E-state index in [-0.39, 0.29) is 27.1 Å². The molecule has 0 bridgehead atoms. The van der Waals surface area contributed by atoms with E-state index < -0.39 is 28.5 Å². The number of esters is 1. The van der Waals surface area contributed by atoms with Gasteiger partial charge in [0.2, 0.25) is 10.0 Å². The molecule has 1 atom stereocenters. The molecule has 0 aromatic heterocycles. The highest BCUT2D eigenvalue weighted by atomic mass is 35.5. The molecule has 0 saturated carbocycles. The molecule has 1 aliphatic rings. The van der Waals surface area contributed by atoms with Gasteiger partial charge in [0.15, 0.2) is 6.61 Å². The number of carbonyl (C=O) groups is 2. The lowest BCUT2D eigenvalue weighted by molar-refractivity contribution is -0.119. The number of nitrogens with zero attached hydrogens (tertiary/aromatic N) is 1. The molecule has 0 aliphatic carbocycles. The van der Waals surface area contributed by atoms with E-state index in [0.717, 1.165) is 12.8 Å². The van der Waals surface area contributed by atoms with Crippen LogP contribution in [0.5, 0.6) is 5.75 Å². The number of nitrogens with one attached hydrogen (secondary N) is 1. The van der Waals surface area contributed by atoms with E-state index in [1.807, 2.05) is 6.92 Å². The minimum Gasteiger partial charge on any atom is -0.508 e. The fraction of sp³-hybridized carbons (Fsp3) is 0.333. The third-order valence-electron chi connectivity index (χ3n) is 4.89. The van der Waals surface area contributed by atoms with Gasteiger partial charge >= 0.3 is 5.97 Å². The molecule has 1 saturated heterocycles. The molecule has 2 aromatic rings. The van der Waals surface area contributed by atoms with Crippen LogP contribution < -0.4 is 5.32 Å². The quantitative estimate of drug-likeness (QED) is 0.499. The van der Waals surface area contributed by atoms with Crippen LogP contribution in [0.3, 0.4) is 0 Å². The molecule has 1 unspecified atom stereocenters. The fourth-order valence-corrected chi connectivity index (χ4v) is 5.39. The molecule has 1 aliphatic heterocycles. The molecular weight excluding hydrogens is 444 g/mol. The molecule has 10 heteroatoms. The highest BCUT2D eigenvalue weighted by Crippen LogP contribution is 2.29. The molecule has 3 rings (SSSR count). The van der Waals surface area contributed by atoms with Gasteiger partial charge in [0.05, 0.1) is 10.6 Å². The van der Waals surface area contributed by atoms with Crippen molar-refractivity contribution in [2.45, 2.75) is 24.7 Å². The Hall–Kier alpha value is -2.62. The highest BCUT2D eigenvalue weighted by Gasteiger charge is 2.31. The predicted molar refractivity (Wildman–Crippen MR) is 116 cm³/mol. The predicted octanol–water partition coefficient (Wildman–Crippen LogP) is 3.26. The van der Waals surface area contributed by atoms with E-state index in [4.69, 9.17) is 16.3 Å². The standard InChI is InChI=1S/C21H23ClN2O6S/c1-14-3-2-10-24(12-14)31(28,29)19-11-15(4-9-18(19)22)21(27)30-13-20(26)23-16-5-7-17(25)8-6-16/h4-9,11,14,25H,2-3,10,12-13H2,1H3,(H,23,26). The number of aromatic hydroxyl groups is 1. The zero-order valence-electron chi connectivity index (χ0n) is 16.9. The van der Waals surface area contributed by atoms with Crippen LogP contribution in [-0.2, 0) is 19.6 Å². The van der Waals surface area contributed by atoms with E-state index in [1.165, 1.54) is 46.8 Å². The van der Waals surface area contributed by atoms with E-state index in [9.17, 15) is 23.1 Å². The second-order valence-corrected chi connectivity index (χ2v) is 9.74. The third kappa shape index (κ3) is 5.75. The summed E-state index contributed by atoms with van der Waals surface area (Å²) in [6.07, 6.45) is 1.72. The molecule has 8 nitrogen and oxygen atoms in total. The van der Waals surface area contributed by atoms with Crippen molar-refractivity contribution >= 4 is 39.2 Å². The Morgan fingerprint density at radius 1 is 1.23 bits per heavy atom. The monoisotopic (exact) mass is 466 g/mol. The average molecular weight is 467 g/mol. The summed E-state index contributed by atoms with van der Waals surface area (Å²) in [5, 5.41) is 11.8. The maximum Gasteiger partial charge on any atom is 0.338 e. The number of phenolic OH excluding ortho intramolecular Hbond substituents is 1. The highest BCUT2D eigenvalue weighted by molar-refractivity contribution is 7.89. The first-order chi connectivity index (χ1) is 14.7. The zero-order chi connectivity index (χ0) is 22.6. The zero-order valence-corrected chi connectivity index (χ0v) is 18.4. The number of anilines is 1. The first-order valence-electron chi connectivity index (χ1n) is 9.72. The molecule has 0 spiro atoms. The summed E-state index contributed by atoms with van der Waals surface area (Å²) in [5.74, 6) is -1.14. The second kappa shape index (κ2) is 9.67. The van der Waals surface area contributed by atoms with Crippen molar-refractivity contribution in [1.29, 1.82) is 0 Å². The Morgan fingerprint density at radius 2 is 1.94 bits per heavy atom. The molecule has 0 radical (unpaired) electrons. The Bertz CT molecular complexity index is 1070. The largest absolute Gasteiger partial charge is 0.508 e. The number of phenols is 1. The van der Waals surface area contributed by atoms with Crippen molar-refractivity contribution in [2.75, 3.05) is 25.0 Å². The maximum absolute atomic E-state index is 13.0. The average Bonchev–Trinajstić information content (AvgIpc) is 2.74. The summed E-state index contributed by atoms with van der Waals surface area (Å²) in [6, 6.07) is 9.65. The van der Waals surface area contributed by atoms with Gasteiger partial charge in [0, 0.05) is 18.8 Å². The van der Waals surface area contributed by atoms with Crippen LogP contribution in [-0.4, -0.2) is 49.4 Å². The van der Waals surface area contributed by atoms with Gasteiger partial charge in [-0.25, -0.2) is 13.2 Å². The SMILES string of the molecule is CC1CCCN(S(=O)(=O)c2cc(C(=O)OCC(=O)Nc3ccc(O)cc3)ccc2Cl)C1. The summed E-state index contributed by atoms with van der Waals surface area (Å²) >= 11 is 6.13. The Kier molecular flexibility index (Phi) is 7.19. The van der Waals surface area contributed by atoms with Gasteiger partial charge in [-0.15, -0.1) is 0 Å². The lowest BCUT2D eigenvalue weighted by Gasteiger charge is -2.30. The lowest BCUT2D eigenvalue weighted by atomic mass is 10.0. The second-order valence-electron chi connectivity index (χ2n) is 7.43. The van der Waals surface area contributed by atoms with Crippen molar-refractivity contribution < 1.29 is 27.9 Å². The van der Waals surface area contributed by atoms with Gasteiger partial charge in [0.1, 0.15) is 10.6 Å². The molecular formula is C21H23ClN2O6S. The number of benzene rings is 2. The van der Waals surface area contributed by atoms with Crippen LogP contribution in [0.1, 0.15) is 30.1 Å². The Balaban J connectivity index is 1.68. The summed E-state index contributed by atoms with van der Waals surface area (Å²) < 4.78 is 32.4.